The van der Waals surface area contributed by atoms with Crippen molar-refractivity contribution in [3.05, 3.63) is 0 Å². The molecule has 0 saturated carbocycles. The number of aliphatic hydroxyl groups is 3. The van der Waals surface area contributed by atoms with Crippen LogP contribution in [0.2, 0.25) is 0 Å². The smallest absolute Gasteiger partial charge is 0.111 e. The predicted molar refractivity (Wildman–Crippen MR) is 48.2 cm³/mol. The van der Waals surface area contributed by atoms with Crippen LogP contribution in [-0.2, 0) is 4.74 Å². The molecule has 0 spiro atoms. The molecule has 5 nitrogen and oxygen atoms in total. The summed E-state index contributed by atoms with van der Waals surface area (Å²) in [7, 11) is 0. The molecule has 0 aliphatic carbocycles. The van der Waals surface area contributed by atoms with Crippen LogP contribution in [0.5, 0.6) is 0 Å². The lowest BCUT2D eigenvalue weighted by Gasteiger charge is -2.34. The van der Waals surface area contributed by atoms with Crippen LogP contribution in [-0.4, -0.2) is 52.9 Å². The Balaban J connectivity index is 0.000000671. The molecule has 1 aliphatic heterocycles. The van der Waals surface area contributed by atoms with Crippen molar-refractivity contribution in [1.82, 2.24) is 0 Å². The fraction of sp³-hybridized carbons (Fsp3) is 1.00. The van der Waals surface area contributed by atoms with Gasteiger partial charge in [-0.2, -0.15) is 0 Å². The van der Waals surface area contributed by atoms with Crippen LogP contribution in [0.1, 0.15) is 13.8 Å². The largest absolute Gasteiger partial charge is 0.388 e. The minimum atomic E-state index is -1.14. The van der Waals surface area contributed by atoms with Crippen LogP contribution in [0.4, 0.5) is 0 Å². The van der Waals surface area contributed by atoms with Gasteiger partial charge >= 0.3 is 0 Å². The third kappa shape index (κ3) is 3.21. The molecule has 4 atom stereocenters. The molecule has 0 bridgehead atoms. The Morgan fingerprint density at radius 1 is 1.23 bits per heavy atom. The molecule has 0 radical (unpaired) electrons. The number of nitrogens with two attached hydrogens (primary N) is 1. The Bertz CT molecular complexity index is 131. The third-order valence-electron chi connectivity index (χ3n) is 1.84. The summed E-state index contributed by atoms with van der Waals surface area (Å²) in [5, 5.41) is 27.3. The summed E-state index contributed by atoms with van der Waals surface area (Å²) in [6, 6.07) is 0. The molecule has 1 heterocycles. The van der Waals surface area contributed by atoms with Crippen molar-refractivity contribution in [2.45, 2.75) is 38.3 Å². The van der Waals surface area contributed by atoms with Crippen LogP contribution in [0, 0.1) is 0 Å². The van der Waals surface area contributed by atoms with Gasteiger partial charge in [0.25, 0.3) is 0 Å². The predicted octanol–water partition coefficient (Wildman–Crippen LogP) is -1.55. The summed E-state index contributed by atoms with van der Waals surface area (Å²) in [5.41, 5.74) is 5.22. The lowest BCUT2D eigenvalue weighted by Crippen LogP contribution is -2.55. The van der Waals surface area contributed by atoms with E-state index in [1.54, 1.807) is 0 Å². The molecule has 0 aromatic heterocycles. The minimum Gasteiger partial charge on any atom is -0.388 e. The first-order chi connectivity index (χ1) is 6.16. The molecule has 1 rings (SSSR count). The SMILES string of the molecule is CC.NCC1OCC(O)C(O)C1O. The summed E-state index contributed by atoms with van der Waals surface area (Å²) in [5.74, 6) is 0. The maximum absolute atomic E-state index is 9.19. The van der Waals surface area contributed by atoms with Gasteiger partial charge in [0.15, 0.2) is 0 Å². The fourth-order valence-electron chi connectivity index (χ4n) is 1.07. The molecule has 0 aromatic rings. The molecular weight excluding hydrogens is 174 g/mol. The summed E-state index contributed by atoms with van der Waals surface area (Å²) < 4.78 is 4.94. The average Bonchev–Trinajstić information content (AvgIpc) is 2.18. The Morgan fingerprint density at radius 3 is 2.23 bits per heavy atom. The van der Waals surface area contributed by atoms with Gasteiger partial charge in [-0.1, -0.05) is 13.8 Å². The van der Waals surface area contributed by atoms with Gasteiger partial charge < -0.3 is 25.8 Å². The monoisotopic (exact) mass is 193 g/mol. The highest BCUT2D eigenvalue weighted by Gasteiger charge is 2.36. The van der Waals surface area contributed by atoms with Crippen molar-refractivity contribution in [1.29, 1.82) is 0 Å². The summed E-state index contributed by atoms with van der Waals surface area (Å²) >= 11 is 0. The lowest BCUT2D eigenvalue weighted by molar-refractivity contribution is -0.183. The summed E-state index contributed by atoms with van der Waals surface area (Å²) in [4.78, 5) is 0. The number of aliphatic hydroxyl groups excluding tert-OH is 3. The summed E-state index contributed by atoms with van der Waals surface area (Å²) in [6.07, 6.45) is -3.79. The standard InChI is InChI=1S/C6H13NO4.C2H6/c7-1-4-6(10)5(9)3(8)2-11-4;1-2/h3-6,8-10H,1-2,7H2;1-2H3. The van der Waals surface area contributed by atoms with Gasteiger partial charge in [0.05, 0.1) is 12.7 Å². The van der Waals surface area contributed by atoms with Gasteiger partial charge in [-0.3, -0.25) is 0 Å². The maximum Gasteiger partial charge on any atom is 0.111 e. The van der Waals surface area contributed by atoms with Gasteiger partial charge in [-0.05, 0) is 0 Å². The molecule has 0 aromatic carbocycles. The number of hydrogen-bond donors (Lipinski definition) is 4. The fourth-order valence-corrected chi connectivity index (χ4v) is 1.07. The van der Waals surface area contributed by atoms with Gasteiger partial charge in [0.2, 0.25) is 0 Å². The molecular formula is C8H19NO4. The highest BCUT2D eigenvalue weighted by atomic mass is 16.5. The quantitative estimate of drug-likeness (QED) is 0.404. The van der Waals surface area contributed by atoms with Crippen molar-refractivity contribution in [3.63, 3.8) is 0 Å². The van der Waals surface area contributed by atoms with Gasteiger partial charge in [-0.25, -0.2) is 0 Å². The first-order valence-corrected chi connectivity index (χ1v) is 4.52. The Hall–Kier alpha value is -0.200. The molecule has 1 fully saturated rings. The normalized spacial score (nSPS) is 39.2. The van der Waals surface area contributed by atoms with E-state index in [1.807, 2.05) is 13.8 Å². The van der Waals surface area contributed by atoms with Crippen molar-refractivity contribution in [2.24, 2.45) is 5.73 Å². The van der Waals surface area contributed by atoms with E-state index in [4.69, 9.17) is 20.7 Å². The van der Waals surface area contributed by atoms with Crippen LogP contribution in [0.15, 0.2) is 0 Å². The summed E-state index contributed by atoms with van der Waals surface area (Å²) in [6.45, 7) is 4.17. The zero-order valence-electron chi connectivity index (χ0n) is 8.05. The third-order valence-corrected chi connectivity index (χ3v) is 1.84. The first kappa shape index (κ1) is 12.8. The van der Waals surface area contributed by atoms with E-state index in [9.17, 15) is 5.11 Å². The van der Waals surface area contributed by atoms with E-state index in [-0.39, 0.29) is 13.2 Å². The van der Waals surface area contributed by atoms with Crippen LogP contribution < -0.4 is 5.73 Å². The topological polar surface area (TPSA) is 95.9 Å². The van der Waals surface area contributed by atoms with Gasteiger partial charge in [0.1, 0.15) is 18.3 Å². The van der Waals surface area contributed by atoms with E-state index in [0.29, 0.717) is 0 Å². The Morgan fingerprint density at radius 2 is 1.77 bits per heavy atom. The van der Waals surface area contributed by atoms with Crippen LogP contribution in [0.25, 0.3) is 0 Å². The minimum absolute atomic E-state index is 0.0279. The molecule has 4 unspecified atom stereocenters. The first-order valence-electron chi connectivity index (χ1n) is 4.52. The van der Waals surface area contributed by atoms with Crippen molar-refractivity contribution in [3.8, 4) is 0 Å². The molecule has 1 saturated heterocycles. The van der Waals surface area contributed by atoms with Crippen LogP contribution in [0.3, 0.4) is 0 Å². The van der Waals surface area contributed by atoms with Crippen LogP contribution >= 0.6 is 0 Å². The van der Waals surface area contributed by atoms with Crippen molar-refractivity contribution in [2.75, 3.05) is 13.2 Å². The molecule has 13 heavy (non-hydrogen) atoms. The second-order valence-electron chi connectivity index (χ2n) is 2.66. The number of ether oxygens (including phenoxy) is 1. The van der Waals surface area contributed by atoms with E-state index in [0.717, 1.165) is 0 Å². The molecule has 0 amide bonds. The highest BCUT2D eigenvalue weighted by molar-refractivity contribution is 4.86. The van der Waals surface area contributed by atoms with Crippen molar-refractivity contribution >= 4 is 0 Å². The Kier molecular flexibility index (Phi) is 6.19. The van der Waals surface area contributed by atoms with Gasteiger partial charge in [-0.15, -0.1) is 0 Å². The second kappa shape index (κ2) is 6.28. The zero-order valence-corrected chi connectivity index (χ0v) is 8.05. The zero-order chi connectivity index (χ0) is 10.4. The van der Waals surface area contributed by atoms with Gasteiger partial charge in [0, 0.05) is 6.54 Å². The maximum atomic E-state index is 9.19. The molecule has 5 N–H and O–H groups in total. The molecule has 5 heteroatoms. The van der Waals surface area contributed by atoms with E-state index < -0.39 is 24.4 Å². The van der Waals surface area contributed by atoms with E-state index in [1.165, 1.54) is 0 Å². The van der Waals surface area contributed by atoms with E-state index >= 15 is 0 Å². The molecule has 1 aliphatic rings. The van der Waals surface area contributed by atoms with E-state index in [2.05, 4.69) is 0 Å². The average molecular weight is 193 g/mol. The second-order valence-corrected chi connectivity index (χ2v) is 2.66. The van der Waals surface area contributed by atoms with Crippen molar-refractivity contribution < 1.29 is 20.1 Å². The lowest BCUT2D eigenvalue weighted by atomic mass is 10.0. The molecule has 80 valence electrons. The highest BCUT2D eigenvalue weighted by Crippen LogP contribution is 2.14. The Labute approximate surface area is 78.1 Å². The number of rotatable bonds is 1. The number of hydrogen-bond acceptors (Lipinski definition) is 5.